The molecule has 1 fully saturated rings. The molecule has 12 heteroatoms. The minimum absolute atomic E-state index is 0.0863. The van der Waals surface area contributed by atoms with Gasteiger partial charge in [0.2, 0.25) is 5.91 Å². The van der Waals surface area contributed by atoms with Crippen molar-refractivity contribution in [2.75, 3.05) is 23.8 Å². The summed E-state index contributed by atoms with van der Waals surface area (Å²) < 4.78 is 9.45. The Morgan fingerprint density at radius 1 is 0.700 bits per heavy atom. The summed E-state index contributed by atoms with van der Waals surface area (Å²) in [5, 5.41) is 12.9. The smallest absolute Gasteiger partial charge is 0.272 e. The summed E-state index contributed by atoms with van der Waals surface area (Å²) in [6, 6.07) is 23.4. The van der Waals surface area contributed by atoms with Crippen LogP contribution in [0.3, 0.4) is 0 Å². The SMILES string of the molecule is Cn1cc(NC(=O)c2cc3ccccc3[nH]2)cc1C(=O)NCCCC(=O)Nc1cc(C(=O)NC2CCCCC2)n(CCCCCCCCCCCOCc2ccccc2)c1. The number of nitrogens with zero attached hydrogens (tertiary/aromatic N) is 2. The highest BCUT2D eigenvalue weighted by molar-refractivity contribution is 6.06. The first-order chi connectivity index (χ1) is 29.3. The molecule has 0 spiro atoms. The van der Waals surface area contributed by atoms with Crippen LogP contribution in [0.1, 0.15) is 140 Å². The summed E-state index contributed by atoms with van der Waals surface area (Å²) in [5.41, 5.74) is 4.60. The van der Waals surface area contributed by atoms with E-state index < -0.39 is 0 Å². The molecule has 0 radical (unpaired) electrons. The minimum atomic E-state index is -0.300. The monoisotopic (exact) mass is 817 g/mol. The van der Waals surface area contributed by atoms with E-state index in [0.717, 1.165) is 62.5 Å². The molecule has 320 valence electrons. The summed E-state index contributed by atoms with van der Waals surface area (Å²) >= 11 is 0. The van der Waals surface area contributed by atoms with Gasteiger partial charge in [0.15, 0.2) is 0 Å². The van der Waals surface area contributed by atoms with Crippen LogP contribution in [-0.2, 0) is 29.7 Å². The van der Waals surface area contributed by atoms with Crippen molar-refractivity contribution in [3.8, 4) is 0 Å². The number of hydrogen-bond donors (Lipinski definition) is 5. The molecule has 1 saturated carbocycles. The van der Waals surface area contributed by atoms with Crippen molar-refractivity contribution in [1.82, 2.24) is 24.8 Å². The number of aromatic amines is 1. The number of anilines is 2. The maximum absolute atomic E-state index is 13.5. The molecule has 60 heavy (non-hydrogen) atoms. The average molecular weight is 818 g/mol. The molecule has 5 aromatic rings. The fourth-order valence-electron chi connectivity index (χ4n) is 7.97. The molecular weight excluding hydrogens is 755 g/mol. The highest BCUT2D eigenvalue weighted by Crippen LogP contribution is 2.22. The zero-order valence-electron chi connectivity index (χ0n) is 35.2. The van der Waals surface area contributed by atoms with Gasteiger partial charge in [0.1, 0.15) is 17.1 Å². The van der Waals surface area contributed by atoms with Crippen LogP contribution in [0.25, 0.3) is 10.9 Å². The number of carbonyl (C=O) groups is 4. The Labute approximate surface area is 354 Å². The Morgan fingerprint density at radius 3 is 2.15 bits per heavy atom. The molecule has 2 aromatic carbocycles. The molecule has 3 heterocycles. The quantitative estimate of drug-likeness (QED) is 0.0393. The van der Waals surface area contributed by atoms with E-state index in [9.17, 15) is 19.2 Å². The highest BCUT2D eigenvalue weighted by atomic mass is 16.5. The molecule has 4 amide bonds. The number of rotatable bonds is 24. The summed E-state index contributed by atoms with van der Waals surface area (Å²) in [4.78, 5) is 55.5. The third-order valence-corrected chi connectivity index (χ3v) is 11.3. The van der Waals surface area contributed by atoms with Crippen LogP contribution in [0.2, 0.25) is 0 Å². The van der Waals surface area contributed by atoms with Crippen molar-refractivity contribution in [1.29, 1.82) is 0 Å². The van der Waals surface area contributed by atoms with Crippen LogP contribution in [0.15, 0.2) is 85.2 Å². The first-order valence-electron chi connectivity index (χ1n) is 22.1. The molecule has 6 rings (SSSR count). The Morgan fingerprint density at radius 2 is 1.38 bits per heavy atom. The molecule has 0 aliphatic heterocycles. The third-order valence-electron chi connectivity index (χ3n) is 11.3. The Balaban J connectivity index is 0.887. The summed E-state index contributed by atoms with van der Waals surface area (Å²) in [6.45, 7) is 2.52. The predicted octanol–water partition coefficient (Wildman–Crippen LogP) is 9.50. The van der Waals surface area contributed by atoms with Crippen LogP contribution in [-0.4, -0.2) is 56.9 Å². The maximum Gasteiger partial charge on any atom is 0.272 e. The van der Waals surface area contributed by atoms with Gasteiger partial charge in [0.25, 0.3) is 17.7 Å². The van der Waals surface area contributed by atoms with Gasteiger partial charge in [-0.2, -0.15) is 0 Å². The number of aryl methyl sites for hydroxylation is 2. The van der Waals surface area contributed by atoms with Gasteiger partial charge in [-0.1, -0.05) is 113 Å². The topological polar surface area (TPSA) is 151 Å². The number of benzene rings is 2. The largest absolute Gasteiger partial charge is 0.377 e. The Hall–Kier alpha value is -5.62. The van der Waals surface area contributed by atoms with Gasteiger partial charge in [-0.15, -0.1) is 0 Å². The number of amides is 4. The lowest BCUT2D eigenvalue weighted by Crippen LogP contribution is -2.37. The normalized spacial score (nSPS) is 13.0. The van der Waals surface area contributed by atoms with Crippen molar-refractivity contribution in [2.24, 2.45) is 7.05 Å². The zero-order chi connectivity index (χ0) is 41.9. The minimum Gasteiger partial charge on any atom is -0.377 e. The number of nitrogens with one attached hydrogen (secondary N) is 5. The third kappa shape index (κ3) is 13.7. The predicted molar refractivity (Wildman–Crippen MR) is 238 cm³/mol. The first-order valence-corrected chi connectivity index (χ1v) is 22.1. The van der Waals surface area contributed by atoms with E-state index >= 15 is 0 Å². The fourth-order valence-corrected chi connectivity index (χ4v) is 7.97. The van der Waals surface area contributed by atoms with E-state index in [4.69, 9.17) is 4.74 Å². The van der Waals surface area contributed by atoms with E-state index in [1.807, 2.05) is 53.2 Å². The number of H-pyrrole nitrogens is 1. The molecule has 0 unspecified atom stereocenters. The second-order valence-corrected chi connectivity index (χ2v) is 16.2. The molecule has 1 aliphatic carbocycles. The van der Waals surface area contributed by atoms with Crippen LogP contribution in [0.4, 0.5) is 11.4 Å². The number of carbonyl (C=O) groups excluding carboxylic acids is 4. The lowest BCUT2D eigenvalue weighted by molar-refractivity contribution is -0.116. The van der Waals surface area contributed by atoms with Crippen molar-refractivity contribution < 1.29 is 23.9 Å². The molecule has 1 aliphatic rings. The van der Waals surface area contributed by atoms with Crippen molar-refractivity contribution in [2.45, 2.75) is 122 Å². The van der Waals surface area contributed by atoms with E-state index in [1.54, 1.807) is 36.0 Å². The van der Waals surface area contributed by atoms with Gasteiger partial charge in [-0.05, 0) is 61.9 Å². The van der Waals surface area contributed by atoms with Gasteiger partial charge in [0.05, 0.1) is 18.0 Å². The van der Waals surface area contributed by atoms with Crippen LogP contribution >= 0.6 is 0 Å². The zero-order valence-corrected chi connectivity index (χ0v) is 35.2. The number of para-hydroxylation sites is 1. The number of hydrogen-bond acceptors (Lipinski definition) is 5. The Bertz CT molecular complexity index is 2100. The van der Waals surface area contributed by atoms with Crippen molar-refractivity contribution in [3.05, 3.63) is 108 Å². The van der Waals surface area contributed by atoms with Crippen LogP contribution in [0.5, 0.6) is 0 Å². The molecular formula is C48H63N7O5. The first kappa shape index (κ1) is 43.9. The summed E-state index contributed by atoms with van der Waals surface area (Å²) in [6.07, 6.45) is 20.2. The van der Waals surface area contributed by atoms with Gasteiger partial charge in [0, 0.05) is 62.5 Å². The Kier molecular flexibility index (Phi) is 17.0. The molecule has 12 nitrogen and oxygen atoms in total. The number of ether oxygens (including phenoxy) is 1. The highest BCUT2D eigenvalue weighted by Gasteiger charge is 2.21. The molecule has 0 saturated heterocycles. The second kappa shape index (κ2) is 23.2. The lowest BCUT2D eigenvalue weighted by Gasteiger charge is -2.23. The lowest BCUT2D eigenvalue weighted by atomic mass is 9.95. The van der Waals surface area contributed by atoms with E-state index in [0.29, 0.717) is 54.6 Å². The van der Waals surface area contributed by atoms with Crippen LogP contribution < -0.4 is 21.3 Å². The fraction of sp³-hybridized carbons (Fsp3) is 0.458. The van der Waals surface area contributed by atoms with E-state index in [1.165, 1.54) is 50.5 Å². The molecule has 0 bridgehead atoms. The van der Waals surface area contributed by atoms with Gasteiger partial charge in [-0.3, -0.25) is 19.2 Å². The van der Waals surface area contributed by atoms with Crippen molar-refractivity contribution in [3.63, 3.8) is 0 Å². The van der Waals surface area contributed by atoms with E-state index in [2.05, 4.69) is 38.4 Å². The van der Waals surface area contributed by atoms with Crippen molar-refractivity contribution >= 4 is 45.9 Å². The van der Waals surface area contributed by atoms with Gasteiger partial charge >= 0.3 is 0 Å². The molecule has 5 N–H and O–H groups in total. The van der Waals surface area contributed by atoms with Gasteiger partial charge < -0.3 is 40.1 Å². The number of fused-ring (bicyclic) bond motifs is 1. The van der Waals surface area contributed by atoms with Gasteiger partial charge in [-0.25, -0.2) is 0 Å². The number of aromatic nitrogens is 3. The average Bonchev–Trinajstić information content (AvgIpc) is 3.98. The van der Waals surface area contributed by atoms with Crippen LogP contribution in [0, 0.1) is 0 Å². The maximum atomic E-state index is 13.5. The number of unbranched alkanes of at least 4 members (excludes halogenated alkanes) is 8. The summed E-state index contributed by atoms with van der Waals surface area (Å²) in [7, 11) is 1.74. The van der Waals surface area contributed by atoms with E-state index in [-0.39, 0.29) is 36.1 Å². The second-order valence-electron chi connectivity index (χ2n) is 16.2. The molecule has 3 aromatic heterocycles. The molecule has 0 atom stereocenters. The summed E-state index contributed by atoms with van der Waals surface area (Å²) in [5.74, 6) is -0.865. The standard InChI is InChI=1S/C48H63N7O5/c1-54-33-39(52-46(57)42-30-37-22-15-16-25-41(37)53-42)31-43(54)47(58)49-27-19-26-45(56)50-40-32-44(48(59)51-38-23-13-10-14-24-38)55(34-40)28-17-7-5-3-2-4-6-8-18-29-60-35-36-20-11-9-12-21-36/h9,11-12,15-16,20-22,25,30-34,38,53H,2-8,10,13-14,17-19,23-24,26-29,35H2,1H3,(H,49,58)(H,50,56)(H,51,59)(H,52,57).